The highest BCUT2D eigenvalue weighted by atomic mass is 79.9. The minimum Gasteiger partial charge on any atom is -0.207 e. The fraction of sp³-hybridized carbons (Fsp3) is 0.143. The largest absolute Gasteiger partial charge is 0.243 e. The van der Waals surface area contributed by atoms with E-state index >= 15 is 0 Å². The Morgan fingerprint density at radius 2 is 1.71 bits per heavy atom. The van der Waals surface area contributed by atoms with Gasteiger partial charge in [-0.3, -0.25) is 0 Å². The average Bonchev–Trinajstić information content (AvgIpc) is 2.42. The molecule has 0 saturated carbocycles. The van der Waals surface area contributed by atoms with Gasteiger partial charge in [0.1, 0.15) is 0 Å². The Morgan fingerprint density at radius 1 is 1.10 bits per heavy atom. The van der Waals surface area contributed by atoms with Crippen molar-refractivity contribution in [2.45, 2.75) is 11.4 Å². The van der Waals surface area contributed by atoms with Crippen LogP contribution in [0, 0.1) is 0 Å². The molecule has 21 heavy (non-hydrogen) atoms. The minimum atomic E-state index is -3.56. The molecule has 0 aliphatic carbocycles. The molecule has 0 radical (unpaired) electrons. The van der Waals surface area contributed by atoms with Crippen LogP contribution < -0.4 is 0 Å². The van der Waals surface area contributed by atoms with Crippen LogP contribution in [0.4, 0.5) is 0 Å². The van der Waals surface area contributed by atoms with E-state index in [9.17, 15) is 8.42 Å². The quantitative estimate of drug-likeness (QED) is 0.742. The molecule has 0 aliphatic heterocycles. The van der Waals surface area contributed by atoms with Gasteiger partial charge >= 0.3 is 0 Å². The molecule has 0 fully saturated rings. The molecule has 112 valence electrons. The van der Waals surface area contributed by atoms with Gasteiger partial charge in [-0.2, -0.15) is 4.31 Å². The molecule has 2 rings (SSSR count). The van der Waals surface area contributed by atoms with Gasteiger partial charge in [0.15, 0.2) is 0 Å². The van der Waals surface area contributed by atoms with E-state index < -0.39 is 10.0 Å². The van der Waals surface area contributed by atoms with Crippen LogP contribution >= 0.6 is 39.1 Å². The van der Waals surface area contributed by atoms with Crippen molar-refractivity contribution in [2.24, 2.45) is 0 Å². The van der Waals surface area contributed by atoms with Crippen molar-refractivity contribution in [3.05, 3.63) is 62.5 Å². The lowest BCUT2D eigenvalue weighted by atomic mass is 10.2. The Hall–Kier alpha value is -0.590. The van der Waals surface area contributed by atoms with Crippen LogP contribution in [0.2, 0.25) is 10.0 Å². The second-order valence-corrected chi connectivity index (χ2v) is 8.25. The van der Waals surface area contributed by atoms with Gasteiger partial charge in [-0.1, -0.05) is 45.2 Å². The zero-order chi connectivity index (χ0) is 15.6. The van der Waals surface area contributed by atoms with Gasteiger partial charge < -0.3 is 0 Å². The Kier molecular flexibility index (Phi) is 5.33. The molecule has 0 aliphatic rings. The maximum Gasteiger partial charge on any atom is 0.243 e. The highest BCUT2D eigenvalue weighted by Gasteiger charge is 2.21. The molecule has 2 aromatic carbocycles. The SMILES string of the molecule is CN(Cc1ccc(Cl)cc1Cl)S(=O)(=O)c1ccc(Br)cc1. The summed E-state index contributed by atoms with van der Waals surface area (Å²) in [4.78, 5) is 0.235. The monoisotopic (exact) mass is 407 g/mol. The Bertz CT molecular complexity index is 748. The number of hydrogen-bond acceptors (Lipinski definition) is 2. The summed E-state index contributed by atoms with van der Waals surface area (Å²) in [7, 11) is -2.04. The summed E-state index contributed by atoms with van der Waals surface area (Å²) in [6.07, 6.45) is 0. The molecule has 0 saturated heterocycles. The molecule has 3 nitrogen and oxygen atoms in total. The summed E-state index contributed by atoms with van der Waals surface area (Å²) < 4.78 is 27.0. The van der Waals surface area contributed by atoms with Crippen LogP contribution in [0.5, 0.6) is 0 Å². The molecule has 7 heteroatoms. The van der Waals surface area contributed by atoms with Gasteiger partial charge in [-0.25, -0.2) is 8.42 Å². The number of nitrogens with zero attached hydrogens (tertiary/aromatic N) is 1. The van der Waals surface area contributed by atoms with Crippen LogP contribution in [0.3, 0.4) is 0 Å². The summed E-state index contributed by atoms with van der Waals surface area (Å²) in [6.45, 7) is 0.175. The normalized spacial score (nSPS) is 11.9. The van der Waals surface area contributed by atoms with Crippen molar-refractivity contribution < 1.29 is 8.42 Å². The molecule has 0 amide bonds. The van der Waals surface area contributed by atoms with E-state index in [1.165, 1.54) is 11.4 Å². The van der Waals surface area contributed by atoms with Gasteiger partial charge in [-0.05, 0) is 42.0 Å². The van der Waals surface area contributed by atoms with E-state index in [4.69, 9.17) is 23.2 Å². The van der Waals surface area contributed by atoms with Crippen LogP contribution in [0.1, 0.15) is 5.56 Å². The van der Waals surface area contributed by atoms with Crippen LogP contribution in [0.15, 0.2) is 51.8 Å². The van der Waals surface area contributed by atoms with E-state index in [1.807, 2.05) is 0 Å². The molecule has 2 aromatic rings. The maximum atomic E-state index is 12.5. The van der Waals surface area contributed by atoms with E-state index in [1.54, 1.807) is 42.5 Å². The second kappa shape index (κ2) is 6.67. The molecular weight excluding hydrogens is 397 g/mol. The van der Waals surface area contributed by atoms with Gasteiger partial charge in [0.05, 0.1) is 4.90 Å². The van der Waals surface area contributed by atoms with E-state index in [2.05, 4.69) is 15.9 Å². The standard InChI is InChI=1S/C14H12BrCl2NO2S/c1-18(9-10-2-5-12(16)8-14(10)17)21(19,20)13-6-3-11(15)4-7-13/h2-8H,9H2,1H3. The van der Waals surface area contributed by atoms with Gasteiger partial charge in [0.25, 0.3) is 0 Å². The van der Waals surface area contributed by atoms with E-state index in [-0.39, 0.29) is 11.4 Å². The lowest BCUT2D eigenvalue weighted by Crippen LogP contribution is -2.26. The number of rotatable bonds is 4. The molecule has 0 bridgehead atoms. The lowest BCUT2D eigenvalue weighted by Gasteiger charge is -2.18. The molecular formula is C14H12BrCl2NO2S. The molecule has 0 unspecified atom stereocenters. The number of hydrogen-bond donors (Lipinski definition) is 0. The fourth-order valence-electron chi connectivity index (χ4n) is 1.76. The number of benzene rings is 2. The van der Waals surface area contributed by atoms with Crippen LogP contribution in [0.25, 0.3) is 0 Å². The topological polar surface area (TPSA) is 37.4 Å². The molecule has 0 N–H and O–H groups in total. The van der Waals surface area contributed by atoms with E-state index in [0.29, 0.717) is 15.6 Å². The molecule has 0 aromatic heterocycles. The maximum absolute atomic E-state index is 12.5. The van der Waals surface area contributed by atoms with Crippen molar-refractivity contribution >= 4 is 49.2 Å². The minimum absolute atomic E-state index is 0.175. The van der Waals surface area contributed by atoms with Crippen molar-refractivity contribution in [3.8, 4) is 0 Å². The third kappa shape index (κ3) is 3.99. The lowest BCUT2D eigenvalue weighted by molar-refractivity contribution is 0.467. The first-order valence-electron chi connectivity index (χ1n) is 5.96. The Labute approximate surface area is 142 Å². The molecule has 0 spiro atoms. The molecule has 0 heterocycles. The van der Waals surface area contributed by atoms with Crippen LogP contribution in [-0.4, -0.2) is 19.8 Å². The molecule has 0 atom stereocenters. The van der Waals surface area contributed by atoms with Gasteiger partial charge in [0.2, 0.25) is 10.0 Å². The summed E-state index contributed by atoms with van der Waals surface area (Å²) in [5.41, 5.74) is 0.698. The fourth-order valence-corrected chi connectivity index (χ4v) is 3.64. The third-order valence-corrected chi connectivity index (χ3v) is 5.86. The van der Waals surface area contributed by atoms with E-state index in [0.717, 1.165) is 4.47 Å². The third-order valence-electron chi connectivity index (χ3n) is 2.93. The number of halogens is 3. The predicted molar refractivity (Wildman–Crippen MR) is 89.3 cm³/mol. The first kappa shape index (κ1) is 16.8. The van der Waals surface area contributed by atoms with Gasteiger partial charge in [0, 0.05) is 28.1 Å². The smallest absolute Gasteiger partial charge is 0.207 e. The summed E-state index contributed by atoms with van der Waals surface area (Å²) >= 11 is 15.2. The number of sulfonamides is 1. The van der Waals surface area contributed by atoms with Crippen molar-refractivity contribution in [2.75, 3.05) is 7.05 Å². The van der Waals surface area contributed by atoms with Gasteiger partial charge in [-0.15, -0.1) is 0 Å². The highest BCUT2D eigenvalue weighted by Crippen LogP contribution is 2.24. The highest BCUT2D eigenvalue weighted by molar-refractivity contribution is 9.10. The summed E-state index contributed by atoms with van der Waals surface area (Å²) in [6, 6.07) is 11.5. The first-order chi connectivity index (χ1) is 9.80. The average molecular weight is 409 g/mol. The van der Waals surface area contributed by atoms with Crippen molar-refractivity contribution in [1.29, 1.82) is 0 Å². The predicted octanol–water partition coefficient (Wildman–Crippen LogP) is 4.58. The summed E-state index contributed by atoms with van der Waals surface area (Å²) in [5.74, 6) is 0. The Morgan fingerprint density at radius 3 is 2.29 bits per heavy atom. The zero-order valence-corrected chi connectivity index (χ0v) is 15.0. The van der Waals surface area contributed by atoms with Crippen molar-refractivity contribution in [1.82, 2.24) is 4.31 Å². The second-order valence-electron chi connectivity index (χ2n) is 4.45. The zero-order valence-electron chi connectivity index (χ0n) is 11.1. The van der Waals surface area contributed by atoms with Crippen LogP contribution in [-0.2, 0) is 16.6 Å². The Balaban J connectivity index is 2.26. The first-order valence-corrected chi connectivity index (χ1v) is 8.95. The summed E-state index contributed by atoms with van der Waals surface area (Å²) in [5, 5.41) is 0.961. The van der Waals surface area contributed by atoms with Crippen molar-refractivity contribution in [3.63, 3.8) is 0 Å².